The van der Waals surface area contributed by atoms with Gasteiger partial charge in [-0.05, 0) is 31.7 Å². The van der Waals surface area contributed by atoms with Crippen LogP contribution in [0, 0.1) is 5.92 Å². The van der Waals surface area contributed by atoms with E-state index in [0.717, 1.165) is 44.8 Å². The van der Waals surface area contributed by atoms with Gasteiger partial charge < -0.3 is 14.8 Å². The van der Waals surface area contributed by atoms with Crippen molar-refractivity contribution in [3.63, 3.8) is 0 Å². The average molecular weight is 304 g/mol. The summed E-state index contributed by atoms with van der Waals surface area (Å²) in [6.07, 6.45) is 10.3. The second-order valence-electron chi connectivity index (χ2n) is 6.59. The Labute approximate surface area is 133 Å². The minimum Gasteiger partial charge on any atom is -0.342 e. The zero-order valence-electron chi connectivity index (χ0n) is 13.6. The van der Waals surface area contributed by atoms with E-state index in [1.807, 2.05) is 12.4 Å². The summed E-state index contributed by atoms with van der Waals surface area (Å²) in [5.74, 6) is 2.03. The Hall–Kier alpha value is -1.36. The van der Waals surface area contributed by atoms with E-state index in [1.54, 1.807) is 0 Å². The van der Waals surface area contributed by atoms with Crippen molar-refractivity contribution in [3.05, 3.63) is 18.2 Å². The van der Waals surface area contributed by atoms with E-state index < -0.39 is 0 Å². The van der Waals surface area contributed by atoms with Crippen LogP contribution in [-0.4, -0.2) is 46.0 Å². The van der Waals surface area contributed by atoms with Gasteiger partial charge in [0.25, 0.3) is 0 Å². The van der Waals surface area contributed by atoms with E-state index in [2.05, 4.69) is 26.7 Å². The molecule has 3 rings (SSSR count). The van der Waals surface area contributed by atoms with Crippen molar-refractivity contribution in [1.29, 1.82) is 0 Å². The molecule has 1 N–H and O–H groups in total. The van der Waals surface area contributed by atoms with E-state index in [0.29, 0.717) is 24.3 Å². The van der Waals surface area contributed by atoms with E-state index in [-0.39, 0.29) is 0 Å². The summed E-state index contributed by atoms with van der Waals surface area (Å²) in [5.41, 5.74) is 0. The minimum atomic E-state index is 0.304. The molecule has 2 aliphatic heterocycles. The molecule has 0 bridgehead atoms. The number of fused-ring (bicyclic) bond motifs is 1. The van der Waals surface area contributed by atoms with Crippen LogP contribution in [0.3, 0.4) is 0 Å². The highest BCUT2D eigenvalue weighted by atomic mass is 16.2. The molecule has 1 amide bonds. The maximum absolute atomic E-state index is 12.5. The molecule has 2 fully saturated rings. The highest BCUT2D eigenvalue weighted by Crippen LogP contribution is 2.25. The molecule has 5 nitrogen and oxygen atoms in total. The number of carbonyl (C=O) groups is 1. The zero-order valence-corrected chi connectivity index (χ0v) is 13.6. The molecular weight excluding hydrogens is 276 g/mol. The molecule has 0 spiro atoms. The van der Waals surface area contributed by atoms with E-state index in [9.17, 15) is 4.79 Å². The molecule has 2 aliphatic rings. The van der Waals surface area contributed by atoms with Crippen molar-refractivity contribution >= 4 is 5.91 Å². The van der Waals surface area contributed by atoms with Crippen molar-refractivity contribution < 1.29 is 4.79 Å². The van der Waals surface area contributed by atoms with Gasteiger partial charge in [0.15, 0.2) is 0 Å². The summed E-state index contributed by atoms with van der Waals surface area (Å²) < 4.78 is 2.11. The van der Waals surface area contributed by atoms with Gasteiger partial charge in [0.2, 0.25) is 5.91 Å². The lowest BCUT2D eigenvalue weighted by atomic mass is 9.89. The Bertz CT molecular complexity index is 499. The van der Waals surface area contributed by atoms with Crippen molar-refractivity contribution in [3.8, 4) is 0 Å². The van der Waals surface area contributed by atoms with Crippen LogP contribution in [0.1, 0.15) is 44.9 Å². The lowest BCUT2D eigenvalue weighted by Gasteiger charge is -2.38. The number of piperidine rings is 1. The Kier molecular flexibility index (Phi) is 5.13. The summed E-state index contributed by atoms with van der Waals surface area (Å²) in [4.78, 5) is 18.9. The molecule has 0 unspecified atom stereocenters. The van der Waals surface area contributed by atoms with Gasteiger partial charge in [-0.3, -0.25) is 4.79 Å². The molecule has 3 heterocycles. The summed E-state index contributed by atoms with van der Waals surface area (Å²) in [6, 6.07) is 0.631. The molecule has 2 saturated heterocycles. The summed E-state index contributed by atoms with van der Waals surface area (Å²) in [6.45, 7) is 5.86. The van der Waals surface area contributed by atoms with E-state index >= 15 is 0 Å². The Morgan fingerprint density at radius 1 is 1.41 bits per heavy atom. The second-order valence-corrected chi connectivity index (χ2v) is 6.59. The molecule has 1 aromatic heterocycles. The summed E-state index contributed by atoms with van der Waals surface area (Å²) in [5, 5.41) is 3.66. The number of nitrogens with one attached hydrogen (secondary N) is 1. The highest BCUT2D eigenvalue weighted by Gasteiger charge is 2.31. The van der Waals surface area contributed by atoms with Crippen molar-refractivity contribution in [1.82, 2.24) is 19.8 Å². The number of carbonyl (C=O) groups excluding carboxylic acids is 1. The van der Waals surface area contributed by atoms with Crippen LogP contribution in [0.2, 0.25) is 0 Å². The number of likely N-dealkylation sites (tertiary alicyclic amines) is 1. The Morgan fingerprint density at radius 3 is 3.18 bits per heavy atom. The van der Waals surface area contributed by atoms with Crippen LogP contribution in [0.5, 0.6) is 0 Å². The number of aromatic nitrogens is 2. The molecule has 0 aromatic carbocycles. The number of nitrogens with zero attached hydrogens (tertiary/aromatic N) is 3. The Morgan fingerprint density at radius 2 is 2.32 bits per heavy atom. The predicted molar refractivity (Wildman–Crippen MR) is 86.6 cm³/mol. The summed E-state index contributed by atoms with van der Waals surface area (Å²) >= 11 is 0. The molecule has 122 valence electrons. The number of amides is 1. The molecule has 5 heteroatoms. The molecule has 22 heavy (non-hydrogen) atoms. The first kappa shape index (κ1) is 15.5. The van der Waals surface area contributed by atoms with Gasteiger partial charge in [-0.2, -0.15) is 0 Å². The fraction of sp³-hybridized carbons (Fsp3) is 0.765. The van der Waals surface area contributed by atoms with Crippen LogP contribution in [0.25, 0.3) is 0 Å². The average Bonchev–Trinajstić information content (AvgIpc) is 2.87. The standard InChI is InChI=1S/C17H28N4O/c1-2-16-19-9-12-20(16)11-7-17(22)21-10-6-15-14(13-21)5-3-4-8-18-15/h9,12,14-15,18H,2-8,10-11,13H2,1H3/t14-,15-/m1/s1. The quantitative estimate of drug-likeness (QED) is 0.923. The molecule has 0 saturated carbocycles. The van der Waals surface area contributed by atoms with Crippen molar-refractivity contribution in [2.24, 2.45) is 5.92 Å². The number of hydrogen-bond acceptors (Lipinski definition) is 3. The largest absolute Gasteiger partial charge is 0.342 e. The normalized spacial score (nSPS) is 25.6. The fourth-order valence-electron chi connectivity index (χ4n) is 3.87. The van der Waals surface area contributed by atoms with Gasteiger partial charge >= 0.3 is 0 Å². The number of imidazole rings is 1. The fourth-order valence-corrected chi connectivity index (χ4v) is 3.87. The lowest BCUT2D eigenvalue weighted by Crippen LogP contribution is -2.50. The molecule has 0 radical (unpaired) electrons. The number of aryl methyl sites for hydroxylation is 2. The van der Waals surface area contributed by atoms with Gasteiger partial charge in [-0.1, -0.05) is 13.3 Å². The van der Waals surface area contributed by atoms with E-state index in [4.69, 9.17) is 0 Å². The van der Waals surface area contributed by atoms with Crippen LogP contribution in [-0.2, 0) is 17.8 Å². The van der Waals surface area contributed by atoms with Crippen LogP contribution in [0.4, 0.5) is 0 Å². The van der Waals surface area contributed by atoms with E-state index in [1.165, 1.54) is 19.3 Å². The van der Waals surface area contributed by atoms with Gasteiger partial charge in [-0.25, -0.2) is 4.98 Å². The van der Waals surface area contributed by atoms with Gasteiger partial charge in [0, 0.05) is 50.9 Å². The third kappa shape index (κ3) is 3.51. The first-order chi connectivity index (χ1) is 10.8. The first-order valence-electron chi connectivity index (χ1n) is 8.79. The maximum Gasteiger partial charge on any atom is 0.224 e. The Balaban J connectivity index is 1.52. The van der Waals surface area contributed by atoms with Crippen molar-refractivity contribution in [2.75, 3.05) is 19.6 Å². The third-order valence-corrected chi connectivity index (χ3v) is 5.18. The molecule has 0 aliphatic carbocycles. The van der Waals surface area contributed by atoms with Gasteiger partial charge in [-0.15, -0.1) is 0 Å². The van der Waals surface area contributed by atoms with Crippen LogP contribution >= 0.6 is 0 Å². The van der Waals surface area contributed by atoms with Gasteiger partial charge in [0.05, 0.1) is 0 Å². The zero-order chi connectivity index (χ0) is 15.4. The summed E-state index contributed by atoms with van der Waals surface area (Å²) in [7, 11) is 0. The maximum atomic E-state index is 12.5. The minimum absolute atomic E-state index is 0.304. The topological polar surface area (TPSA) is 50.2 Å². The molecular formula is C17H28N4O. The monoisotopic (exact) mass is 304 g/mol. The first-order valence-corrected chi connectivity index (χ1v) is 8.79. The third-order valence-electron chi connectivity index (χ3n) is 5.18. The number of hydrogen-bond donors (Lipinski definition) is 1. The van der Waals surface area contributed by atoms with Gasteiger partial charge in [0.1, 0.15) is 5.82 Å². The van der Waals surface area contributed by atoms with Crippen molar-refractivity contribution in [2.45, 2.75) is 58.0 Å². The lowest BCUT2D eigenvalue weighted by molar-refractivity contribution is -0.133. The predicted octanol–water partition coefficient (Wildman–Crippen LogP) is 1.83. The smallest absolute Gasteiger partial charge is 0.224 e. The van der Waals surface area contributed by atoms with Crippen LogP contribution < -0.4 is 5.32 Å². The molecule has 2 atom stereocenters. The molecule has 1 aromatic rings. The second kappa shape index (κ2) is 7.27. The SMILES string of the molecule is CCc1nccn1CCC(=O)N1CC[C@H]2NCCCC[C@@H]2C1. The highest BCUT2D eigenvalue weighted by molar-refractivity contribution is 5.76. The van der Waals surface area contributed by atoms with Crippen LogP contribution in [0.15, 0.2) is 12.4 Å². The number of rotatable bonds is 4.